The van der Waals surface area contributed by atoms with E-state index in [1.807, 2.05) is 0 Å². The van der Waals surface area contributed by atoms with Crippen LogP contribution < -0.4 is 0 Å². The Hall–Kier alpha value is -0.0700. The van der Waals surface area contributed by atoms with Gasteiger partial charge in [-0.2, -0.15) is 0 Å². The molecule has 0 N–H and O–H groups in total. The van der Waals surface area contributed by atoms with Crippen molar-refractivity contribution in [3.8, 4) is 0 Å². The van der Waals surface area contributed by atoms with Gasteiger partial charge in [-0.1, -0.05) is 19.3 Å². The molecule has 42 valence electrons. The molecule has 0 radical (unpaired) electrons. The van der Waals surface area contributed by atoms with Gasteiger partial charge in [0.15, 0.2) is 0 Å². The second-order valence-electron chi connectivity index (χ2n) is 2.24. The maximum atomic E-state index is 12.2. The van der Waals surface area contributed by atoms with Crippen molar-refractivity contribution in [2.45, 2.75) is 38.3 Å². The fourth-order valence-electron chi connectivity index (χ4n) is 1.05. The van der Waals surface area contributed by atoms with Gasteiger partial charge >= 0.3 is 0 Å². The van der Waals surface area contributed by atoms with E-state index < -0.39 is 6.17 Å². The summed E-state index contributed by atoms with van der Waals surface area (Å²) in [6.45, 7) is 0. The average molecular weight is 102 g/mol. The Kier molecular flexibility index (Phi) is 1.66. The molecule has 0 aliphatic heterocycles. The third-order valence-electron chi connectivity index (χ3n) is 1.53. The Morgan fingerprint density at radius 2 is 1.57 bits per heavy atom. The summed E-state index contributed by atoms with van der Waals surface area (Å²) < 4.78 is 12.2. The van der Waals surface area contributed by atoms with Crippen LogP contribution in [0.25, 0.3) is 0 Å². The lowest BCUT2D eigenvalue weighted by atomic mass is 9.99. The van der Waals surface area contributed by atoms with E-state index in [9.17, 15) is 4.39 Å². The zero-order valence-electron chi connectivity index (χ0n) is 4.49. The van der Waals surface area contributed by atoms with Crippen LogP contribution in [-0.4, -0.2) is 6.17 Å². The highest BCUT2D eigenvalue weighted by Crippen LogP contribution is 2.19. The second-order valence-corrected chi connectivity index (χ2v) is 2.24. The maximum absolute atomic E-state index is 12.2. The molecule has 7 heavy (non-hydrogen) atoms. The van der Waals surface area contributed by atoms with E-state index in [1.54, 1.807) is 0 Å². The van der Waals surface area contributed by atoms with E-state index in [4.69, 9.17) is 0 Å². The van der Waals surface area contributed by atoms with Gasteiger partial charge in [0.1, 0.15) is 6.17 Å². The molecule has 0 heterocycles. The predicted molar refractivity (Wildman–Crippen MR) is 28.0 cm³/mol. The summed E-state index contributed by atoms with van der Waals surface area (Å²) in [4.78, 5) is 0. The molecular formula is C6H11F. The predicted octanol–water partition coefficient (Wildman–Crippen LogP) is 2.29. The molecule has 1 heteroatoms. The SMILES string of the molecule is FC1CCCCC1. The van der Waals surface area contributed by atoms with Crippen LogP contribution in [0.1, 0.15) is 32.1 Å². The summed E-state index contributed by atoms with van der Waals surface area (Å²) in [5, 5.41) is 0. The fraction of sp³-hybridized carbons (Fsp3) is 1.00. The van der Waals surface area contributed by atoms with E-state index >= 15 is 0 Å². The van der Waals surface area contributed by atoms with Crippen LogP contribution in [0.4, 0.5) is 4.39 Å². The van der Waals surface area contributed by atoms with Crippen LogP contribution in [0, 0.1) is 0 Å². The summed E-state index contributed by atoms with van der Waals surface area (Å²) in [6.07, 6.45) is 4.65. The molecule has 1 rings (SSSR count). The first-order chi connectivity index (χ1) is 3.39. The monoisotopic (exact) mass is 102 g/mol. The molecule has 0 aromatic rings. The van der Waals surface area contributed by atoms with Gasteiger partial charge in [0.2, 0.25) is 0 Å². The third-order valence-corrected chi connectivity index (χ3v) is 1.53. The smallest absolute Gasteiger partial charge is 0.100 e. The zero-order valence-corrected chi connectivity index (χ0v) is 4.49. The van der Waals surface area contributed by atoms with Crippen molar-refractivity contribution in [3.63, 3.8) is 0 Å². The van der Waals surface area contributed by atoms with Crippen LogP contribution in [0.5, 0.6) is 0 Å². The van der Waals surface area contributed by atoms with Crippen molar-refractivity contribution in [3.05, 3.63) is 0 Å². The molecule has 0 nitrogen and oxygen atoms in total. The van der Waals surface area contributed by atoms with Gasteiger partial charge in [-0.25, -0.2) is 4.39 Å². The molecule has 1 aliphatic rings. The summed E-state index contributed by atoms with van der Waals surface area (Å²) in [5.74, 6) is 0. The van der Waals surface area contributed by atoms with E-state index in [2.05, 4.69) is 0 Å². The first kappa shape index (κ1) is 5.07. The van der Waals surface area contributed by atoms with Gasteiger partial charge < -0.3 is 0 Å². The summed E-state index contributed by atoms with van der Waals surface area (Å²) >= 11 is 0. The normalized spacial score (nSPS) is 25.3. The van der Waals surface area contributed by atoms with Crippen molar-refractivity contribution >= 4 is 0 Å². The molecule has 0 aromatic heterocycles. The topological polar surface area (TPSA) is 0 Å². The lowest BCUT2D eigenvalue weighted by Gasteiger charge is -2.12. The molecule has 0 bridgehead atoms. The maximum Gasteiger partial charge on any atom is 0.100 e. The molecule has 0 amide bonds. The molecule has 1 aliphatic carbocycles. The lowest BCUT2D eigenvalue weighted by Crippen LogP contribution is -2.04. The van der Waals surface area contributed by atoms with Crippen LogP contribution in [-0.2, 0) is 0 Å². The van der Waals surface area contributed by atoms with Crippen molar-refractivity contribution in [1.82, 2.24) is 0 Å². The van der Waals surface area contributed by atoms with Crippen LogP contribution in [0.15, 0.2) is 0 Å². The molecular weight excluding hydrogens is 91.1 g/mol. The Bertz CT molecular complexity index is 46.1. The zero-order chi connectivity index (χ0) is 5.11. The quantitative estimate of drug-likeness (QED) is 0.440. The Labute approximate surface area is 43.7 Å². The van der Waals surface area contributed by atoms with Crippen LogP contribution in [0.3, 0.4) is 0 Å². The molecule has 0 saturated heterocycles. The second kappa shape index (κ2) is 2.29. The molecule has 0 spiro atoms. The summed E-state index contributed by atoms with van der Waals surface area (Å²) in [6, 6.07) is 0. The Morgan fingerprint density at radius 1 is 1.00 bits per heavy atom. The van der Waals surface area contributed by atoms with E-state index in [0.717, 1.165) is 25.7 Å². The van der Waals surface area contributed by atoms with Crippen LogP contribution >= 0.6 is 0 Å². The highest BCUT2D eigenvalue weighted by molar-refractivity contribution is 4.62. The van der Waals surface area contributed by atoms with Gasteiger partial charge in [0.25, 0.3) is 0 Å². The number of rotatable bonds is 0. The molecule has 1 saturated carbocycles. The van der Waals surface area contributed by atoms with Gasteiger partial charge in [-0.05, 0) is 12.8 Å². The van der Waals surface area contributed by atoms with Crippen LogP contribution in [0.2, 0.25) is 0 Å². The third kappa shape index (κ3) is 1.46. The minimum absolute atomic E-state index is 0.464. The van der Waals surface area contributed by atoms with E-state index in [0.29, 0.717) is 0 Å². The highest BCUT2D eigenvalue weighted by Gasteiger charge is 2.09. The van der Waals surface area contributed by atoms with Gasteiger partial charge in [0, 0.05) is 0 Å². The number of halogens is 1. The van der Waals surface area contributed by atoms with Crippen molar-refractivity contribution in [2.75, 3.05) is 0 Å². The highest BCUT2D eigenvalue weighted by atomic mass is 19.1. The molecule has 0 aromatic carbocycles. The first-order valence-electron chi connectivity index (χ1n) is 3.03. The number of alkyl halides is 1. The van der Waals surface area contributed by atoms with Gasteiger partial charge in [-0.3, -0.25) is 0 Å². The van der Waals surface area contributed by atoms with Crippen molar-refractivity contribution < 1.29 is 4.39 Å². The molecule has 0 atom stereocenters. The Morgan fingerprint density at radius 3 is 1.86 bits per heavy atom. The van der Waals surface area contributed by atoms with Crippen molar-refractivity contribution in [2.24, 2.45) is 0 Å². The fourth-order valence-corrected chi connectivity index (χ4v) is 1.05. The van der Waals surface area contributed by atoms with E-state index in [1.165, 1.54) is 6.42 Å². The lowest BCUT2D eigenvalue weighted by molar-refractivity contribution is 0.251. The first-order valence-corrected chi connectivity index (χ1v) is 3.03. The van der Waals surface area contributed by atoms with Crippen molar-refractivity contribution in [1.29, 1.82) is 0 Å². The van der Waals surface area contributed by atoms with E-state index in [-0.39, 0.29) is 0 Å². The van der Waals surface area contributed by atoms with Gasteiger partial charge in [0.05, 0.1) is 0 Å². The minimum Gasteiger partial charge on any atom is -0.247 e. The Balaban J connectivity index is 2.12. The summed E-state index contributed by atoms with van der Waals surface area (Å²) in [5.41, 5.74) is 0. The number of hydrogen-bond acceptors (Lipinski definition) is 0. The number of hydrogen-bond donors (Lipinski definition) is 0. The standard InChI is InChI=1S/C6H11F/c7-6-4-2-1-3-5-6/h6H,1-5H2. The minimum atomic E-state index is -0.464. The molecule has 0 unspecified atom stereocenters. The summed E-state index contributed by atoms with van der Waals surface area (Å²) in [7, 11) is 0. The molecule has 1 fully saturated rings. The van der Waals surface area contributed by atoms with Gasteiger partial charge in [-0.15, -0.1) is 0 Å². The average Bonchev–Trinajstić information content (AvgIpc) is 1.69. The largest absolute Gasteiger partial charge is 0.247 e.